The average Bonchev–Trinajstić information content (AvgIpc) is 2.28. The Morgan fingerprint density at radius 2 is 2.12 bits per heavy atom. The van der Waals surface area contributed by atoms with Crippen LogP contribution < -0.4 is 10.1 Å². The molecule has 1 aromatic rings. The molecule has 0 radical (unpaired) electrons. The molecular weight excluding hydrogens is 248 g/mol. The number of hydrogen-bond donors (Lipinski definition) is 1. The number of anilines is 1. The minimum atomic E-state index is 0.137. The van der Waals surface area contributed by atoms with Gasteiger partial charge >= 0.3 is 6.01 Å². The Morgan fingerprint density at radius 1 is 1.31 bits per heavy atom. The molecule has 0 aliphatic heterocycles. The number of aromatic nitrogens is 3. The zero-order valence-electron chi connectivity index (χ0n) is 9.36. The molecule has 5 nitrogen and oxygen atoms in total. The number of hydrogen-bond acceptors (Lipinski definition) is 6. The van der Waals surface area contributed by atoms with Gasteiger partial charge in [-0.15, -0.1) is 0 Å². The van der Waals surface area contributed by atoms with E-state index in [1.54, 1.807) is 0 Å². The van der Waals surface area contributed by atoms with Crippen molar-refractivity contribution in [2.24, 2.45) is 0 Å². The number of thioether (sulfide) groups is 1. The molecule has 0 bridgehead atoms. The molecule has 90 valence electrons. The van der Waals surface area contributed by atoms with E-state index in [0.29, 0.717) is 5.95 Å². The van der Waals surface area contributed by atoms with Crippen LogP contribution in [-0.4, -0.2) is 40.6 Å². The molecule has 7 heteroatoms. The molecule has 0 saturated carbocycles. The van der Waals surface area contributed by atoms with E-state index in [4.69, 9.17) is 16.3 Å². The van der Waals surface area contributed by atoms with E-state index < -0.39 is 0 Å². The number of ether oxygens (including phenoxy) is 1. The van der Waals surface area contributed by atoms with Crippen LogP contribution in [-0.2, 0) is 0 Å². The van der Waals surface area contributed by atoms with Crippen LogP contribution in [0.5, 0.6) is 6.01 Å². The molecule has 0 unspecified atom stereocenters. The summed E-state index contributed by atoms with van der Waals surface area (Å²) in [5.41, 5.74) is 0. The minimum Gasteiger partial charge on any atom is -0.467 e. The quantitative estimate of drug-likeness (QED) is 0.760. The van der Waals surface area contributed by atoms with Crippen LogP contribution in [0.3, 0.4) is 0 Å². The second-order valence-electron chi connectivity index (χ2n) is 3.04. The second-order valence-corrected chi connectivity index (χ2v) is 4.37. The summed E-state index contributed by atoms with van der Waals surface area (Å²) in [7, 11) is 1.49. The number of nitrogens with zero attached hydrogens (tertiary/aromatic N) is 3. The third kappa shape index (κ3) is 4.85. The van der Waals surface area contributed by atoms with Crippen molar-refractivity contribution in [3.8, 4) is 6.01 Å². The number of halogens is 1. The van der Waals surface area contributed by atoms with Crippen molar-refractivity contribution < 1.29 is 4.74 Å². The first-order valence-corrected chi connectivity index (χ1v) is 6.72. The molecule has 0 spiro atoms. The third-order valence-corrected chi connectivity index (χ3v) is 2.69. The van der Waals surface area contributed by atoms with E-state index in [-0.39, 0.29) is 11.3 Å². The standard InChI is InChI=1S/C9H15ClN4OS/c1-15-9-13-7(10)12-8(14-9)11-5-3-4-6-16-2/h3-6H2,1-2H3,(H,11,12,13,14). The molecule has 1 N–H and O–H groups in total. The van der Waals surface area contributed by atoms with Crippen molar-refractivity contribution in [2.75, 3.05) is 31.0 Å². The number of nitrogens with one attached hydrogen (secondary N) is 1. The first-order chi connectivity index (χ1) is 7.76. The molecular formula is C9H15ClN4OS. The van der Waals surface area contributed by atoms with Gasteiger partial charge in [0.1, 0.15) is 0 Å². The Balaban J connectivity index is 2.38. The average molecular weight is 263 g/mol. The van der Waals surface area contributed by atoms with E-state index in [1.807, 2.05) is 11.8 Å². The number of rotatable bonds is 7. The Kier molecular flexibility index (Phi) is 6.25. The van der Waals surface area contributed by atoms with Gasteiger partial charge in [0.15, 0.2) is 0 Å². The van der Waals surface area contributed by atoms with Gasteiger partial charge in [0.05, 0.1) is 7.11 Å². The summed E-state index contributed by atoms with van der Waals surface area (Å²) in [5, 5.41) is 3.22. The lowest BCUT2D eigenvalue weighted by Crippen LogP contribution is -2.07. The smallest absolute Gasteiger partial charge is 0.322 e. The van der Waals surface area contributed by atoms with Gasteiger partial charge in [-0.05, 0) is 36.5 Å². The van der Waals surface area contributed by atoms with E-state index >= 15 is 0 Å². The van der Waals surface area contributed by atoms with Crippen LogP contribution >= 0.6 is 23.4 Å². The van der Waals surface area contributed by atoms with Gasteiger partial charge in [-0.25, -0.2) is 0 Å². The fourth-order valence-corrected chi connectivity index (χ4v) is 1.72. The normalized spacial score (nSPS) is 10.2. The van der Waals surface area contributed by atoms with Gasteiger partial charge in [-0.2, -0.15) is 26.7 Å². The molecule has 1 heterocycles. The van der Waals surface area contributed by atoms with Crippen molar-refractivity contribution in [1.29, 1.82) is 0 Å². The lowest BCUT2D eigenvalue weighted by molar-refractivity contribution is 0.379. The van der Waals surface area contributed by atoms with Gasteiger partial charge in [-0.3, -0.25) is 0 Å². The predicted octanol–water partition coefficient (Wildman–Crippen LogP) is 2.09. The summed E-state index contributed by atoms with van der Waals surface area (Å²) in [6.07, 6.45) is 4.35. The fourth-order valence-electron chi connectivity index (χ4n) is 1.07. The molecule has 0 atom stereocenters. The van der Waals surface area contributed by atoms with E-state index in [9.17, 15) is 0 Å². The monoisotopic (exact) mass is 262 g/mol. The minimum absolute atomic E-state index is 0.137. The van der Waals surface area contributed by atoms with Crippen molar-refractivity contribution in [3.63, 3.8) is 0 Å². The molecule has 0 amide bonds. The summed E-state index contributed by atoms with van der Waals surface area (Å²) in [6.45, 7) is 0.823. The van der Waals surface area contributed by atoms with Gasteiger partial charge in [0, 0.05) is 6.54 Å². The fraction of sp³-hybridized carbons (Fsp3) is 0.667. The van der Waals surface area contributed by atoms with Gasteiger partial charge in [-0.1, -0.05) is 0 Å². The molecule has 0 aliphatic rings. The Hall–Kier alpha value is -0.750. The largest absolute Gasteiger partial charge is 0.467 e. The Morgan fingerprint density at radius 3 is 2.81 bits per heavy atom. The summed E-state index contributed by atoms with van der Waals surface area (Å²) >= 11 is 7.55. The molecule has 0 aromatic carbocycles. The topological polar surface area (TPSA) is 59.9 Å². The van der Waals surface area contributed by atoms with Gasteiger partial charge < -0.3 is 10.1 Å². The van der Waals surface area contributed by atoms with Crippen molar-refractivity contribution >= 4 is 29.3 Å². The molecule has 0 saturated heterocycles. The van der Waals surface area contributed by atoms with E-state index in [0.717, 1.165) is 13.0 Å². The molecule has 0 fully saturated rings. The zero-order valence-corrected chi connectivity index (χ0v) is 10.9. The maximum atomic E-state index is 5.71. The number of unbranched alkanes of at least 4 members (excludes halogenated alkanes) is 1. The summed E-state index contributed by atoms with van der Waals surface area (Å²) in [6, 6.07) is 0.228. The SMILES string of the molecule is COc1nc(Cl)nc(NCCCCSC)n1. The summed E-state index contributed by atoms with van der Waals surface area (Å²) < 4.78 is 4.89. The lowest BCUT2D eigenvalue weighted by Gasteiger charge is -2.05. The van der Waals surface area contributed by atoms with Crippen LogP contribution in [0.2, 0.25) is 5.28 Å². The highest BCUT2D eigenvalue weighted by Crippen LogP contribution is 2.10. The highest BCUT2D eigenvalue weighted by Gasteiger charge is 2.03. The van der Waals surface area contributed by atoms with Crippen molar-refractivity contribution in [2.45, 2.75) is 12.8 Å². The van der Waals surface area contributed by atoms with Crippen LogP contribution in [0.15, 0.2) is 0 Å². The first kappa shape index (κ1) is 13.3. The highest BCUT2D eigenvalue weighted by molar-refractivity contribution is 7.98. The lowest BCUT2D eigenvalue weighted by atomic mass is 10.3. The summed E-state index contributed by atoms with van der Waals surface area (Å²) in [5.74, 6) is 1.63. The summed E-state index contributed by atoms with van der Waals surface area (Å²) in [4.78, 5) is 11.8. The Labute approximate surface area is 104 Å². The zero-order chi connectivity index (χ0) is 11.8. The third-order valence-electron chi connectivity index (χ3n) is 1.83. The maximum absolute atomic E-state index is 5.71. The van der Waals surface area contributed by atoms with Crippen LogP contribution in [0.25, 0.3) is 0 Å². The van der Waals surface area contributed by atoms with E-state index in [1.165, 1.54) is 19.3 Å². The molecule has 1 rings (SSSR count). The molecule has 16 heavy (non-hydrogen) atoms. The van der Waals surface area contributed by atoms with Crippen LogP contribution in [0, 0.1) is 0 Å². The second kappa shape index (κ2) is 7.51. The predicted molar refractivity (Wildman–Crippen MR) is 67.5 cm³/mol. The van der Waals surface area contributed by atoms with Crippen molar-refractivity contribution in [3.05, 3.63) is 5.28 Å². The molecule has 1 aromatic heterocycles. The van der Waals surface area contributed by atoms with Crippen molar-refractivity contribution in [1.82, 2.24) is 15.0 Å². The van der Waals surface area contributed by atoms with Crippen LogP contribution in [0.1, 0.15) is 12.8 Å². The van der Waals surface area contributed by atoms with E-state index in [2.05, 4.69) is 26.5 Å². The maximum Gasteiger partial charge on any atom is 0.322 e. The van der Waals surface area contributed by atoms with Gasteiger partial charge in [0.2, 0.25) is 11.2 Å². The highest BCUT2D eigenvalue weighted by atomic mass is 35.5. The molecule has 0 aliphatic carbocycles. The first-order valence-electron chi connectivity index (χ1n) is 4.94. The Bertz CT molecular complexity index is 326. The van der Waals surface area contributed by atoms with Crippen LogP contribution in [0.4, 0.5) is 5.95 Å². The van der Waals surface area contributed by atoms with Gasteiger partial charge in [0.25, 0.3) is 0 Å². The number of methoxy groups -OCH3 is 1.